The summed E-state index contributed by atoms with van der Waals surface area (Å²) in [5.41, 5.74) is 0. The maximum atomic E-state index is 5.67. The zero-order valence-electron chi connectivity index (χ0n) is 9.83. The molecule has 0 bridgehead atoms. The Hall–Kier alpha value is -0.410. The van der Waals surface area contributed by atoms with Crippen molar-refractivity contribution in [2.24, 2.45) is 0 Å². The average Bonchev–Trinajstić information content (AvgIpc) is 2.36. The highest BCUT2D eigenvalue weighted by Gasteiger charge is 2.02. The molecule has 0 unspecified atom stereocenters. The Kier molecular flexibility index (Phi) is 8.28. The molecule has 0 aromatic heterocycles. The molecule has 0 atom stereocenters. The van der Waals surface area contributed by atoms with E-state index in [-0.39, 0.29) is 6.07 Å². The van der Waals surface area contributed by atoms with Gasteiger partial charge in [0.05, 0.1) is 6.61 Å². The van der Waals surface area contributed by atoms with E-state index in [0.29, 0.717) is 5.75 Å². The summed E-state index contributed by atoms with van der Waals surface area (Å²) in [5.74, 6) is 1.48. The zero-order chi connectivity index (χ0) is 12.3. The van der Waals surface area contributed by atoms with Gasteiger partial charge >= 0.3 is 0 Å². The molecular weight excluding hydrogens is 303 g/mol. The van der Waals surface area contributed by atoms with Gasteiger partial charge in [0.25, 0.3) is 0 Å². The SMILES string of the molecule is ClCOc1ccccc1OCCCCCCBr. The first-order valence-corrected chi connectivity index (χ1v) is 7.50. The number of para-hydroxylation sites is 2. The maximum absolute atomic E-state index is 5.67. The van der Waals surface area contributed by atoms with Crippen LogP contribution in [0.1, 0.15) is 25.7 Å². The van der Waals surface area contributed by atoms with Gasteiger partial charge in [-0.2, -0.15) is 0 Å². The first kappa shape index (κ1) is 14.7. The van der Waals surface area contributed by atoms with Crippen molar-refractivity contribution in [3.05, 3.63) is 24.3 Å². The molecule has 0 saturated carbocycles. The van der Waals surface area contributed by atoms with Crippen LogP contribution < -0.4 is 9.47 Å². The molecule has 0 radical (unpaired) electrons. The molecule has 0 heterocycles. The molecule has 1 aromatic rings. The van der Waals surface area contributed by atoms with E-state index in [2.05, 4.69) is 15.9 Å². The fraction of sp³-hybridized carbons (Fsp3) is 0.538. The Morgan fingerprint density at radius 2 is 1.59 bits per heavy atom. The van der Waals surface area contributed by atoms with E-state index in [1.165, 1.54) is 19.3 Å². The van der Waals surface area contributed by atoms with Gasteiger partial charge in [-0.1, -0.05) is 52.5 Å². The van der Waals surface area contributed by atoms with Crippen LogP contribution in [0, 0.1) is 0 Å². The topological polar surface area (TPSA) is 18.5 Å². The van der Waals surface area contributed by atoms with Crippen molar-refractivity contribution in [3.8, 4) is 11.5 Å². The van der Waals surface area contributed by atoms with E-state index >= 15 is 0 Å². The van der Waals surface area contributed by atoms with Crippen LogP contribution in [0.2, 0.25) is 0 Å². The summed E-state index contributed by atoms with van der Waals surface area (Å²) >= 11 is 8.97. The number of halogens is 2. The van der Waals surface area contributed by atoms with Gasteiger partial charge in [0.1, 0.15) is 0 Å². The number of hydrogen-bond acceptors (Lipinski definition) is 2. The largest absolute Gasteiger partial charge is 0.490 e. The summed E-state index contributed by atoms with van der Waals surface area (Å²) in [6.07, 6.45) is 4.74. The fourth-order valence-corrected chi connectivity index (χ4v) is 1.99. The van der Waals surface area contributed by atoms with E-state index in [1.54, 1.807) is 0 Å². The molecule has 0 N–H and O–H groups in total. The Morgan fingerprint density at radius 3 is 2.24 bits per heavy atom. The summed E-state index contributed by atoms with van der Waals surface area (Å²) in [6, 6.07) is 7.75. The van der Waals surface area contributed by atoms with Crippen LogP contribution in [0.4, 0.5) is 0 Å². The number of alkyl halides is 2. The van der Waals surface area contributed by atoms with E-state index in [0.717, 1.165) is 24.1 Å². The van der Waals surface area contributed by atoms with Crippen LogP contribution in [0.3, 0.4) is 0 Å². The predicted octanol–water partition coefficient (Wildman–Crippen LogP) is 4.60. The first-order valence-electron chi connectivity index (χ1n) is 5.85. The summed E-state index contributed by atoms with van der Waals surface area (Å²) < 4.78 is 10.9. The second kappa shape index (κ2) is 9.60. The predicted molar refractivity (Wildman–Crippen MR) is 75.5 cm³/mol. The summed E-state index contributed by atoms with van der Waals surface area (Å²) in [6.45, 7) is 0.727. The Labute approximate surface area is 116 Å². The fourth-order valence-electron chi connectivity index (χ4n) is 1.48. The van der Waals surface area contributed by atoms with Crippen LogP contribution in [0.15, 0.2) is 24.3 Å². The van der Waals surface area contributed by atoms with Gasteiger partial charge in [-0.3, -0.25) is 0 Å². The van der Waals surface area contributed by atoms with Gasteiger partial charge in [-0.05, 0) is 25.0 Å². The molecule has 0 amide bonds. The normalized spacial score (nSPS) is 10.2. The lowest BCUT2D eigenvalue weighted by atomic mass is 10.2. The van der Waals surface area contributed by atoms with Crippen molar-refractivity contribution in [3.63, 3.8) is 0 Å². The highest BCUT2D eigenvalue weighted by Crippen LogP contribution is 2.26. The van der Waals surface area contributed by atoms with Gasteiger partial charge in [-0.15, -0.1) is 0 Å². The third-order valence-corrected chi connectivity index (χ3v) is 3.01. The Balaban J connectivity index is 2.25. The second-order valence-corrected chi connectivity index (χ2v) is 4.66. The Morgan fingerprint density at radius 1 is 0.941 bits per heavy atom. The van der Waals surface area contributed by atoms with Crippen molar-refractivity contribution in [1.82, 2.24) is 0 Å². The minimum Gasteiger partial charge on any atom is -0.490 e. The van der Waals surface area contributed by atoms with Crippen LogP contribution in [0.25, 0.3) is 0 Å². The van der Waals surface area contributed by atoms with Crippen LogP contribution in [-0.2, 0) is 0 Å². The average molecular weight is 322 g/mol. The highest BCUT2D eigenvalue weighted by atomic mass is 79.9. The summed E-state index contributed by atoms with van der Waals surface area (Å²) in [4.78, 5) is 0. The zero-order valence-corrected chi connectivity index (χ0v) is 12.2. The number of rotatable bonds is 9. The lowest BCUT2D eigenvalue weighted by Crippen LogP contribution is -2.00. The number of hydrogen-bond donors (Lipinski definition) is 0. The minimum absolute atomic E-state index is 0.144. The highest BCUT2D eigenvalue weighted by molar-refractivity contribution is 9.09. The van der Waals surface area contributed by atoms with E-state index < -0.39 is 0 Å². The molecule has 4 heteroatoms. The summed E-state index contributed by atoms with van der Waals surface area (Å²) in [7, 11) is 0. The molecule has 2 nitrogen and oxygen atoms in total. The van der Waals surface area contributed by atoms with Crippen molar-refractivity contribution in [2.75, 3.05) is 18.0 Å². The second-order valence-electron chi connectivity index (χ2n) is 3.65. The third-order valence-electron chi connectivity index (χ3n) is 2.34. The summed E-state index contributed by atoms with van der Waals surface area (Å²) in [5, 5.41) is 1.08. The van der Waals surface area contributed by atoms with Crippen LogP contribution >= 0.6 is 27.5 Å². The molecule has 96 valence electrons. The van der Waals surface area contributed by atoms with Gasteiger partial charge < -0.3 is 9.47 Å². The van der Waals surface area contributed by atoms with Gasteiger partial charge in [-0.25, -0.2) is 0 Å². The van der Waals surface area contributed by atoms with Crippen molar-refractivity contribution >= 4 is 27.5 Å². The molecule has 0 fully saturated rings. The van der Waals surface area contributed by atoms with Crippen LogP contribution in [0.5, 0.6) is 11.5 Å². The monoisotopic (exact) mass is 320 g/mol. The number of ether oxygens (including phenoxy) is 2. The molecule has 1 rings (SSSR count). The minimum atomic E-state index is 0.144. The molecule has 0 aliphatic carbocycles. The third kappa shape index (κ3) is 6.18. The number of unbranched alkanes of at least 4 members (excludes halogenated alkanes) is 3. The molecule has 0 saturated heterocycles. The van der Waals surface area contributed by atoms with Gasteiger partial charge in [0, 0.05) is 5.33 Å². The lowest BCUT2D eigenvalue weighted by molar-refractivity contribution is 0.281. The van der Waals surface area contributed by atoms with Gasteiger partial charge in [0.2, 0.25) is 0 Å². The van der Waals surface area contributed by atoms with Crippen molar-refractivity contribution in [2.45, 2.75) is 25.7 Å². The number of benzene rings is 1. The molecule has 0 spiro atoms. The molecule has 1 aromatic carbocycles. The van der Waals surface area contributed by atoms with Gasteiger partial charge in [0.15, 0.2) is 17.6 Å². The Bertz CT molecular complexity index is 307. The molecule has 17 heavy (non-hydrogen) atoms. The van der Waals surface area contributed by atoms with Crippen molar-refractivity contribution < 1.29 is 9.47 Å². The lowest BCUT2D eigenvalue weighted by Gasteiger charge is -2.10. The standard InChI is InChI=1S/C13H18BrClO2/c14-9-5-1-2-6-10-16-12-7-3-4-8-13(12)17-11-15/h3-4,7-8H,1-2,5-6,9-11H2. The van der Waals surface area contributed by atoms with Crippen molar-refractivity contribution in [1.29, 1.82) is 0 Å². The van der Waals surface area contributed by atoms with E-state index in [4.69, 9.17) is 21.1 Å². The molecule has 0 aliphatic heterocycles. The molecular formula is C13H18BrClO2. The van der Waals surface area contributed by atoms with E-state index in [1.807, 2.05) is 24.3 Å². The first-order chi connectivity index (χ1) is 8.38. The molecule has 0 aliphatic rings. The van der Waals surface area contributed by atoms with E-state index in [9.17, 15) is 0 Å². The van der Waals surface area contributed by atoms with Crippen LogP contribution in [-0.4, -0.2) is 18.0 Å². The smallest absolute Gasteiger partial charge is 0.163 e. The maximum Gasteiger partial charge on any atom is 0.163 e. The quantitative estimate of drug-likeness (QED) is 0.489.